The fourth-order valence-electron chi connectivity index (χ4n) is 4.03. The highest BCUT2D eigenvalue weighted by atomic mass is 19.1. The summed E-state index contributed by atoms with van der Waals surface area (Å²) in [6, 6.07) is 8.64. The summed E-state index contributed by atoms with van der Waals surface area (Å²) in [6.07, 6.45) is 1.75. The number of amides is 1. The molecule has 1 amide bonds. The molecule has 0 unspecified atom stereocenters. The molecule has 1 saturated heterocycles. The van der Waals surface area contributed by atoms with Gasteiger partial charge in [0.2, 0.25) is 5.91 Å². The molecule has 0 atom stereocenters. The first kappa shape index (κ1) is 20.8. The van der Waals surface area contributed by atoms with Gasteiger partial charge in [-0.2, -0.15) is 0 Å². The van der Waals surface area contributed by atoms with Gasteiger partial charge in [0.1, 0.15) is 12.2 Å². The van der Waals surface area contributed by atoms with Crippen LogP contribution in [0.15, 0.2) is 46.0 Å². The number of nitrogens with zero attached hydrogens (tertiary/aromatic N) is 3. The van der Waals surface area contributed by atoms with Gasteiger partial charge in [-0.25, -0.2) is 13.6 Å². The zero-order valence-corrected chi connectivity index (χ0v) is 17.0. The quantitative estimate of drug-likeness (QED) is 0.678. The van der Waals surface area contributed by atoms with E-state index in [1.54, 1.807) is 36.1 Å². The first-order chi connectivity index (χ1) is 14.9. The van der Waals surface area contributed by atoms with Crippen molar-refractivity contribution in [3.05, 3.63) is 68.9 Å². The minimum Gasteiger partial charge on any atom is -0.367 e. The van der Waals surface area contributed by atoms with Gasteiger partial charge in [0.15, 0.2) is 11.6 Å². The highest BCUT2D eigenvalue weighted by molar-refractivity contribution is 5.92. The van der Waals surface area contributed by atoms with E-state index in [9.17, 15) is 23.2 Å². The van der Waals surface area contributed by atoms with E-state index >= 15 is 0 Å². The minimum absolute atomic E-state index is 0.0379. The number of aromatic nitrogens is 2. The Kier molecular flexibility index (Phi) is 5.58. The van der Waals surface area contributed by atoms with Crippen molar-refractivity contribution in [3.63, 3.8) is 0 Å². The number of carbonyl (C=O) groups is 1. The van der Waals surface area contributed by atoms with Crippen LogP contribution in [0.4, 0.5) is 20.2 Å². The highest BCUT2D eigenvalue weighted by Gasteiger charge is 2.22. The largest absolute Gasteiger partial charge is 0.367 e. The summed E-state index contributed by atoms with van der Waals surface area (Å²) < 4.78 is 31.3. The third-order valence-electron chi connectivity index (χ3n) is 5.47. The van der Waals surface area contributed by atoms with Crippen molar-refractivity contribution in [2.24, 2.45) is 0 Å². The molecule has 1 N–H and O–H groups in total. The molecular weight excluding hydrogens is 406 g/mol. The Balaban J connectivity index is 1.63. The van der Waals surface area contributed by atoms with Crippen LogP contribution in [0.1, 0.15) is 19.8 Å². The second-order valence-electron chi connectivity index (χ2n) is 7.47. The van der Waals surface area contributed by atoms with Crippen molar-refractivity contribution in [3.8, 4) is 0 Å². The zero-order chi connectivity index (χ0) is 22.1. The monoisotopic (exact) mass is 428 g/mol. The summed E-state index contributed by atoms with van der Waals surface area (Å²) in [6.45, 7) is 2.58. The van der Waals surface area contributed by atoms with E-state index in [0.29, 0.717) is 24.0 Å². The lowest BCUT2D eigenvalue weighted by atomic mass is 10.2. The van der Waals surface area contributed by atoms with E-state index in [4.69, 9.17) is 0 Å². The predicted molar refractivity (Wildman–Crippen MR) is 115 cm³/mol. The molecule has 162 valence electrons. The minimum atomic E-state index is -0.751. The third kappa shape index (κ3) is 3.83. The molecule has 4 rings (SSSR count). The van der Waals surface area contributed by atoms with Crippen molar-refractivity contribution in [1.82, 2.24) is 9.13 Å². The Hall–Kier alpha value is -3.49. The Labute approximate surface area is 176 Å². The summed E-state index contributed by atoms with van der Waals surface area (Å²) in [5, 5.41) is 2.76. The van der Waals surface area contributed by atoms with Gasteiger partial charge in [-0.3, -0.25) is 18.7 Å². The van der Waals surface area contributed by atoms with Crippen LogP contribution >= 0.6 is 0 Å². The van der Waals surface area contributed by atoms with Gasteiger partial charge in [0, 0.05) is 25.3 Å². The lowest BCUT2D eigenvalue weighted by Gasteiger charge is -2.20. The molecular formula is C22H22F2N4O3. The Morgan fingerprint density at radius 3 is 2.32 bits per heavy atom. The van der Waals surface area contributed by atoms with E-state index in [2.05, 4.69) is 5.32 Å². The Morgan fingerprint density at radius 2 is 1.68 bits per heavy atom. The van der Waals surface area contributed by atoms with Crippen LogP contribution in [-0.2, 0) is 17.9 Å². The van der Waals surface area contributed by atoms with Crippen LogP contribution in [0.3, 0.4) is 0 Å². The molecule has 31 heavy (non-hydrogen) atoms. The molecule has 1 aliphatic rings. The number of carbonyl (C=O) groups excluding carboxylic acids is 1. The number of nitrogens with one attached hydrogen (secondary N) is 1. The molecule has 9 heteroatoms. The maximum absolute atomic E-state index is 14.5. The SMILES string of the molecule is CCn1c(=O)c2ccccc2n(CC(=O)Nc2cc(F)c(N3CCCC3)c(F)c2)c1=O. The molecule has 0 saturated carbocycles. The molecule has 1 fully saturated rings. The van der Waals surface area contributed by atoms with Crippen LogP contribution in [0.5, 0.6) is 0 Å². The fraction of sp³-hybridized carbons (Fsp3) is 0.318. The Bertz CT molecular complexity index is 1250. The van der Waals surface area contributed by atoms with Crippen molar-refractivity contribution < 1.29 is 13.6 Å². The molecule has 0 aliphatic carbocycles. The second-order valence-corrected chi connectivity index (χ2v) is 7.47. The maximum Gasteiger partial charge on any atom is 0.331 e. The maximum atomic E-state index is 14.5. The number of fused-ring (bicyclic) bond motifs is 1. The number of halogens is 2. The number of anilines is 2. The standard InChI is InChI=1S/C22H22F2N4O3/c1-2-27-21(30)15-7-3-4-8-18(15)28(22(27)31)13-19(29)25-14-11-16(23)20(17(24)12-14)26-9-5-6-10-26/h3-4,7-8,11-12H,2,5-6,9-10,13H2,1H3,(H,25,29). The third-order valence-corrected chi connectivity index (χ3v) is 5.47. The summed E-state index contributed by atoms with van der Waals surface area (Å²) in [5.74, 6) is -2.14. The molecule has 1 aliphatic heterocycles. The van der Waals surface area contributed by atoms with Crippen molar-refractivity contribution in [1.29, 1.82) is 0 Å². The van der Waals surface area contributed by atoms with Gasteiger partial charge in [-0.05, 0) is 44.0 Å². The van der Waals surface area contributed by atoms with Gasteiger partial charge in [-0.15, -0.1) is 0 Å². The molecule has 0 radical (unpaired) electrons. The van der Waals surface area contributed by atoms with Crippen molar-refractivity contribution in [2.45, 2.75) is 32.9 Å². The smallest absolute Gasteiger partial charge is 0.331 e. The van der Waals surface area contributed by atoms with E-state index in [0.717, 1.165) is 29.5 Å². The van der Waals surface area contributed by atoms with Crippen LogP contribution in [0.2, 0.25) is 0 Å². The lowest BCUT2D eigenvalue weighted by Crippen LogP contribution is -2.41. The van der Waals surface area contributed by atoms with Gasteiger partial charge < -0.3 is 10.2 Å². The summed E-state index contributed by atoms with van der Waals surface area (Å²) in [4.78, 5) is 39.5. The van der Waals surface area contributed by atoms with Crippen LogP contribution in [-0.4, -0.2) is 28.1 Å². The Morgan fingerprint density at radius 1 is 1.03 bits per heavy atom. The molecule has 7 nitrogen and oxygen atoms in total. The topological polar surface area (TPSA) is 76.3 Å². The number of hydrogen-bond donors (Lipinski definition) is 1. The lowest BCUT2D eigenvalue weighted by molar-refractivity contribution is -0.116. The van der Waals surface area contributed by atoms with Crippen LogP contribution in [0.25, 0.3) is 10.9 Å². The second kappa shape index (κ2) is 8.33. The van der Waals surface area contributed by atoms with Gasteiger partial charge in [0.25, 0.3) is 5.56 Å². The fourth-order valence-corrected chi connectivity index (χ4v) is 4.03. The molecule has 3 aromatic rings. The molecule has 0 spiro atoms. The van der Waals surface area contributed by atoms with E-state index < -0.39 is 35.3 Å². The van der Waals surface area contributed by atoms with Gasteiger partial charge in [0.05, 0.1) is 10.9 Å². The molecule has 2 heterocycles. The van der Waals surface area contributed by atoms with E-state index in [1.807, 2.05) is 0 Å². The summed E-state index contributed by atoms with van der Waals surface area (Å²) in [7, 11) is 0. The van der Waals surface area contributed by atoms with Crippen LogP contribution in [0, 0.1) is 11.6 Å². The van der Waals surface area contributed by atoms with Crippen LogP contribution < -0.4 is 21.5 Å². The average molecular weight is 428 g/mol. The van der Waals surface area contributed by atoms with Gasteiger partial charge in [-0.1, -0.05) is 12.1 Å². The van der Waals surface area contributed by atoms with Crippen molar-refractivity contribution in [2.75, 3.05) is 23.3 Å². The predicted octanol–water partition coefficient (Wildman–Crippen LogP) is 2.70. The normalized spacial score (nSPS) is 13.7. The molecule has 0 bridgehead atoms. The average Bonchev–Trinajstić information content (AvgIpc) is 3.25. The number of rotatable bonds is 5. The number of benzene rings is 2. The van der Waals surface area contributed by atoms with Gasteiger partial charge >= 0.3 is 5.69 Å². The highest BCUT2D eigenvalue weighted by Crippen LogP contribution is 2.29. The van der Waals surface area contributed by atoms with E-state index in [-0.39, 0.29) is 17.9 Å². The zero-order valence-electron chi connectivity index (χ0n) is 17.0. The van der Waals surface area contributed by atoms with E-state index in [1.165, 1.54) is 4.57 Å². The molecule has 2 aromatic carbocycles. The van der Waals surface area contributed by atoms with Crippen molar-refractivity contribution >= 4 is 28.2 Å². The first-order valence-corrected chi connectivity index (χ1v) is 10.2. The first-order valence-electron chi connectivity index (χ1n) is 10.2. The summed E-state index contributed by atoms with van der Waals surface area (Å²) in [5.41, 5.74) is -0.861. The molecule has 1 aromatic heterocycles. The summed E-state index contributed by atoms with van der Waals surface area (Å²) >= 11 is 0. The number of para-hydroxylation sites is 1. The number of hydrogen-bond acceptors (Lipinski definition) is 4.